The van der Waals surface area contributed by atoms with Crippen LogP contribution in [0.15, 0.2) is 17.1 Å². The van der Waals surface area contributed by atoms with E-state index in [0.29, 0.717) is 18.1 Å². The van der Waals surface area contributed by atoms with Crippen LogP contribution in [0.5, 0.6) is 0 Å². The van der Waals surface area contributed by atoms with Crippen LogP contribution in [0.4, 0.5) is 0 Å². The van der Waals surface area contributed by atoms with Crippen LogP contribution in [0.25, 0.3) is 0 Å². The van der Waals surface area contributed by atoms with E-state index in [2.05, 4.69) is 62.3 Å². The molecule has 0 saturated carbocycles. The maximum absolute atomic E-state index is 4.71. The molecule has 0 aromatic heterocycles. The lowest BCUT2D eigenvalue weighted by Gasteiger charge is -2.30. The average molecular weight is 294 g/mol. The lowest BCUT2D eigenvalue weighted by molar-refractivity contribution is 0.174. The second-order valence-corrected chi connectivity index (χ2v) is 6.32. The second kappa shape index (κ2) is 9.82. The second-order valence-electron chi connectivity index (χ2n) is 6.32. The minimum Gasteiger partial charge on any atom is -0.357 e. The molecule has 122 valence electrons. The molecule has 0 aliphatic heterocycles. The van der Waals surface area contributed by atoms with Gasteiger partial charge in [-0.05, 0) is 53.9 Å². The van der Waals surface area contributed by atoms with E-state index in [1.807, 2.05) is 0 Å². The van der Waals surface area contributed by atoms with Crippen LogP contribution in [0, 0.1) is 0 Å². The predicted octanol–water partition coefficient (Wildman–Crippen LogP) is 2.77. The Morgan fingerprint density at radius 2 is 1.81 bits per heavy atom. The SMILES string of the molecule is CCNC(=NCCCN(C(C)C)C(C)C)NC1CC=CC1. The molecular weight excluding hydrogens is 260 g/mol. The fourth-order valence-electron chi connectivity index (χ4n) is 2.81. The Morgan fingerprint density at radius 3 is 2.33 bits per heavy atom. The van der Waals surface area contributed by atoms with E-state index in [9.17, 15) is 0 Å². The monoisotopic (exact) mass is 294 g/mol. The molecule has 0 radical (unpaired) electrons. The number of rotatable bonds is 8. The van der Waals surface area contributed by atoms with Gasteiger partial charge in [-0.1, -0.05) is 12.2 Å². The highest BCUT2D eigenvalue weighted by Crippen LogP contribution is 2.09. The van der Waals surface area contributed by atoms with Gasteiger partial charge in [-0.15, -0.1) is 0 Å². The fraction of sp³-hybridized carbons (Fsp3) is 0.824. The van der Waals surface area contributed by atoms with Crippen LogP contribution in [-0.4, -0.2) is 48.6 Å². The minimum atomic E-state index is 0.519. The van der Waals surface area contributed by atoms with Gasteiger partial charge in [0, 0.05) is 37.8 Å². The van der Waals surface area contributed by atoms with E-state index in [0.717, 1.165) is 44.9 Å². The van der Waals surface area contributed by atoms with E-state index < -0.39 is 0 Å². The summed E-state index contributed by atoms with van der Waals surface area (Å²) in [6.07, 6.45) is 7.81. The molecule has 0 spiro atoms. The third-order valence-electron chi connectivity index (χ3n) is 3.86. The van der Waals surface area contributed by atoms with Gasteiger partial charge in [-0.3, -0.25) is 9.89 Å². The third kappa shape index (κ3) is 6.98. The molecule has 0 amide bonds. The molecule has 0 saturated heterocycles. The topological polar surface area (TPSA) is 39.7 Å². The van der Waals surface area contributed by atoms with E-state index in [1.165, 1.54) is 0 Å². The van der Waals surface area contributed by atoms with Crippen LogP contribution in [0.1, 0.15) is 53.9 Å². The van der Waals surface area contributed by atoms with Crippen molar-refractivity contribution < 1.29 is 0 Å². The Hall–Kier alpha value is -1.03. The van der Waals surface area contributed by atoms with E-state index in [1.54, 1.807) is 0 Å². The summed E-state index contributed by atoms with van der Waals surface area (Å²) in [4.78, 5) is 7.23. The normalized spacial score (nSPS) is 16.5. The van der Waals surface area contributed by atoms with Crippen molar-refractivity contribution in [3.05, 3.63) is 12.2 Å². The van der Waals surface area contributed by atoms with Crippen molar-refractivity contribution in [3.8, 4) is 0 Å². The molecule has 4 heteroatoms. The van der Waals surface area contributed by atoms with Gasteiger partial charge in [0.25, 0.3) is 0 Å². The van der Waals surface area contributed by atoms with Crippen molar-refractivity contribution in [2.45, 2.75) is 72.0 Å². The fourth-order valence-corrected chi connectivity index (χ4v) is 2.81. The van der Waals surface area contributed by atoms with Crippen LogP contribution in [0.3, 0.4) is 0 Å². The zero-order valence-corrected chi connectivity index (χ0v) is 14.5. The van der Waals surface area contributed by atoms with Crippen LogP contribution in [-0.2, 0) is 0 Å². The first-order valence-electron chi connectivity index (χ1n) is 8.50. The van der Waals surface area contributed by atoms with Crippen molar-refractivity contribution in [3.63, 3.8) is 0 Å². The van der Waals surface area contributed by atoms with Gasteiger partial charge >= 0.3 is 0 Å². The highest BCUT2D eigenvalue weighted by Gasteiger charge is 2.13. The Morgan fingerprint density at radius 1 is 1.19 bits per heavy atom. The first kappa shape index (κ1) is 18.0. The molecule has 1 aliphatic carbocycles. The summed E-state index contributed by atoms with van der Waals surface area (Å²) < 4.78 is 0. The van der Waals surface area contributed by atoms with Gasteiger partial charge in [-0.2, -0.15) is 0 Å². The maximum Gasteiger partial charge on any atom is 0.191 e. The molecule has 0 aromatic rings. The van der Waals surface area contributed by atoms with E-state index in [4.69, 9.17) is 4.99 Å². The van der Waals surface area contributed by atoms with Gasteiger partial charge in [0.05, 0.1) is 0 Å². The highest BCUT2D eigenvalue weighted by molar-refractivity contribution is 5.80. The highest BCUT2D eigenvalue weighted by atomic mass is 15.2. The Bertz CT molecular complexity index is 318. The lowest BCUT2D eigenvalue weighted by Crippen LogP contribution is -2.42. The molecule has 0 fully saturated rings. The number of hydrogen-bond donors (Lipinski definition) is 2. The molecule has 1 rings (SSSR count). The van der Waals surface area contributed by atoms with Gasteiger partial charge < -0.3 is 10.6 Å². The predicted molar refractivity (Wildman–Crippen MR) is 92.9 cm³/mol. The summed E-state index contributed by atoms with van der Waals surface area (Å²) in [5.41, 5.74) is 0. The molecular formula is C17H34N4. The van der Waals surface area contributed by atoms with Crippen molar-refractivity contribution in [2.75, 3.05) is 19.6 Å². The van der Waals surface area contributed by atoms with E-state index in [-0.39, 0.29) is 0 Å². The largest absolute Gasteiger partial charge is 0.357 e. The summed E-state index contributed by atoms with van der Waals surface area (Å²) in [7, 11) is 0. The Kier molecular flexibility index (Phi) is 8.43. The quantitative estimate of drug-likeness (QED) is 0.313. The summed E-state index contributed by atoms with van der Waals surface area (Å²) in [5, 5.41) is 6.85. The standard InChI is InChI=1S/C17H34N4/c1-6-18-17(20-16-10-7-8-11-16)19-12-9-13-21(14(2)3)15(4)5/h7-8,14-16H,6,9-13H2,1-5H3,(H2,18,19,20). The smallest absolute Gasteiger partial charge is 0.191 e. The molecule has 0 unspecified atom stereocenters. The molecule has 0 aromatic carbocycles. The van der Waals surface area contributed by atoms with Crippen LogP contribution in [0.2, 0.25) is 0 Å². The zero-order valence-electron chi connectivity index (χ0n) is 14.5. The molecule has 0 bridgehead atoms. The summed E-state index contributed by atoms with van der Waals surface area (Å²) in [6, 6.07) is 1.72. The molecule has 0 heterocycles. The maximum atomic E-state index is 4.71. The number of hydrogen-bond acceptors (Lipinski definition) is 2. The number of nitrogens with one attached hydrogen (secondary N) is 2. The van der Waals surface area contributed by atoms with Crippen molar-refractivity contribution >= 4 is 5.96 Å². The van der Waals surface area contributed by atoms with Gasteiger partial charge in [0.1, 0.15) is 0 Å². The van der Waals surface area contributed by atoms with Gasteiger partial charge in [-0.25, -0.2) is 0 Å². The molecule has 0 atom stereocenters. The van der Waals surface area contributed by atoms with Gasteiger partial charge in [0.15, 0.2) is 5.96 Å². The van der Waals surface area contributed by atoms with E-state index >= 15 is 0 Å². The Balaban J connectivity index is 2.35. The van der Waals surface area contributed by atoms with Crippen molar-refractivity contribution in [2.24, 2.45) is 4.99 Å². The molecule has 2 N–H and O–H groups in total. The zero-order chi connectivity index (χ0) is 15.7. The minimum absolute atomic E-state index is 0.519. The number of nitrogens with zero attached hydrogens (tertiary/aromatic N) is 2. The molecule has 4 nitrogen and oxygen atoms in total. The third-order valence-corrected chi connectivity index (χ3v) is 3.86. The summed E-state index contributed by atoms with van der Waals surface area (Å²) in [5.74, 6) is 0.965. The lowest BCUT2D eigenvalue weighted by atomic mass is 10.2. The van der Waals surface area contributed by atoms with Gasteiger partial charge in [0.2, 0.25) is 0 Å². The Labute approximate surface area is 131 Å². The average Bonchev–Trinajstić information content (AvgIpc) is 2.90. The van der Waals surface area contributed by atoms with Crippen molar-refractivity contribution in [1.29, 1.82) is 0 Å². The first-order chi connectivity index (χ1) is 10.0. The number of aliphatic imine (C=N–C) groups is 1. The number of guanidine groups is 1. The molecule has 21 heavy (non-hydrogen) atoms. The summed E-state index contributed by atoms with van der Waals surface area (Å²) >= 11 is 0. The first-order valence-corrected chi connectivity index (χ1v) is 8.50. The molecule has 1 aliphatic rings. The van der Waals surface area contributed by atoms with Crippen LogP contribution >= 0.6 is 0 Å². The van der Waals surface area contributed by atoms with Crippen LogP contribution < -0.4 is 10.6 Å². The summed E-state index contributed by atoms with van der Waals surface area (Å²) in [6.45, 7) is 14.1. The van der Waals surface area contributed by atoms with Crippen molar-refractivity contribution in [1.82, 2.24) is 15.5 Å².